The minimum absolute atomic E-state index is 0. The summed E-state index contributed by atoms with van der Waals surface area (Å²) in [6.45, 7) is 2.26. The van der Waals surface area contributed by atoms with Crippen molar-refractivity contribution < 1.29 is 4.39 Å². The van der Waals surface area contributed by atoms with Crippen LogP contribution in [0.2, 0.25) is 0 Å². The van der Waals surface area contributed by atoms with Gasteiger partial charge in [0.25, 0.3) is 0 Å². The number of pyridine rings is 1. The number of aliphatic imine (C=N–C) groups is 1. The molecule has 2 aromatic heterocycles. The van der Waals surface area contributed by atoms with Gasteiger partial charge in [-0.1, -0.05) is 0 Å². The van der Waals surface area contributed by atoms with Crippen LogP contribution >= 0.6 is 24.0 Å². The highest BCUT2D eigenvalue weighted by Crippen LogP contribution is 2.20. The molecule has 3 heterocycles. The first-order valence-corrected chi connectivity index (χ1v) is 8.46. The molecule has 1 saturated heterocycles. The van der Waals surface area contributed by atoms with Crippen LogP contribution in [0.3, 0.4) is 0 Å². The maximum absolute atomic E-state index is 13.9. The van der Waals surface area contributed by atoms with Gasteiger partial charge in [0.2, 0.25) is 0 Å². The lowest BCUT2D eigenvalue weighted by molar-refractivity contribution is 0.612. The average molecular weight is 473 g/mol. The quantitative estimate of drug-likeness (QED) is 0.392. The van der Waals surface area contributed by atoms with E-state index in [0.717, 1.165) is 31.9 Å². The van der Waals surface area contributed by atoms with E-state index in [0.29, 0.717) is 12.4 Å². The Morgan fingerprint density at radius 2 is 2.31 bits per heavy atom. The molecular weight excluding hydrogens is 448 g/mol. The van der Waals surface area contributed by atoms with Gasteiger partial charge in [0, 0.05) is 52.2 Å². The summed E-state index contributed by atoms with van der Waals surface area (Å²) in [7, 11) is 3.66. The van der Waals surface area contributed by atoms with Crippen molar-refractivity contribution in [3.63, 3.8) is 0 Å². The number of guanidine groups is 1. The Balaban J connectivity index is 0.00000243. The molecule has 7 nitrogen and oxygen atoms in total. The monoisotopic (exact) mass is 473 g/mol. The molecule has 0 aliphatic carbocycles. The van der Waals surface area contributed by atoms with E-state index in [1.807, 2.05) is 24.3 Å². The van der Waals surface area contributed by atoms with E-state index < -0.39 is 0 Å². The predicted octanol–water partition coefficient (Wildman–Crippen LogP) is 1.56. The van der Waals surface area contributed by atoms with Crippen LogP contribution in [0.4, 0.5) is 10.2 Å². The molecule has 0 aromatic carbocycles. The first-order valence-electron chi connectivity index (χ1n) is 8.46. The van der Waals surface area contributed by atoms with Crippen LogP contribution in [-0.4, -0.2) is 53.4 Å². The minimum atomic E-state index is -0.276. The van der Waals surface area contributed by atoms with Gasteiger partial charge in [-0.2, -0.15) is 5.10 Å². The number of anilines is 1. The Morgan fingerprint density at radius 1 is 1.46 bits per heavy atom. The van der Waals surface area contributed by atoms with Gasteiger partial charge in [0.1, 0.15) is 0 Å². The maximum Gasteiger partial charge on any atom is 0.191 e. The summed E-state index contributed by atoms with van der Waals surface area (Å²) < 4.78 is 15.7. The molecule has 3 rings (SSSR count). The first-order chi connectivity index (χ1) is 12.2. The largest absolute Gasteiger partial charge is 0.356 e. The van der Waals surface area contributed by atoms with E-state index in [-0.39, 0.29) is 35.8 Å². The second-order valence-corrected chi connectivity index (χ2v) is 6.16. The SMILES string of the molecule is CN=C(NCCc1cnn(C)c1)NC1CCN(c2ncccc2F)C1.I. The Hall–Kier alpha value is -1.91. The first kappa shape index (κ1) is 20.4. The van der Waals surface area contributed by atoms with Gasteiger partial charge in [0.15, 0.2) is 17.6 Å². The molecule has 2 aromatic rings. The molecule has 0 amide bonds. The summed E-state index contributed by atoms with van der Waals surface area (Å²) in [5.74, 6) is 0.908. The Labute approximate surface area is 170 Å². The lowest BCUT2D eigenvalue weighted by Gasteiger charge is -2.19. The van der Waals surface area contributed by atoms with Crippen LogP contribution in [0.25, 0.3) is 0 Å². The fourth-order valence-electron chi connectivity index (χ4n) is 2.99. The zero-order chi connectivity index (χ0) is 17.6. The number of aryl methyl sites for hydroxylation is 1. The smallest absolute Gasteiger partial charge is 0.191 e. The van der Waals surface area contributed by atoms with E-state index in [9.17, 15) is 4.39 Å². The molecule has 1 aliphatic heterocycles. The maximum atomic E-state index is 13.9. The van der Waals surface area contributed by atoms with Crippen molar-refractivity contribution in [1.82, 2.24) is 25.4 Å². The predicted molar refractivity (Wildman–Crippen MR) is 112 cm³/mol. The normalized spacial score (nSPS) is 17.1. The number of aromatic nitrogens is 3. The van der Waals surface area contributed by atoms with Gasteiger partial charge < -0.3 is 15.5 Å². The van der Waals surface area contributed by atoms with Gasteiger partial charge in [-0.3, -0.25) is 9.67 Å². The van der Waals surface area contributed by atoms with Crippen LogP contribution in [0.15, 0.2) is 35.7 Å². The van der Waals surface area contributed by atoms with Crippen LogP contribution in [0.1, 0.15) is 12.0 Å². The number of rotatable bonds is 5. The third-order valence-electron chi connectivity index (χ3n) is 4.26. The fourth-order valence-corrected chi connectivity index (χ4v) is 2.99. The summed E-state index contributed by atoms with van der Waals surface area (Å²) in [5, 5.41) is 10.9. The number of nitrogens with one attached hydrogen (secondary N) is 2. The van der Waals surface area contributed by atoms with Crippen molar-refractivity contribution >= 4 is 35.8 Å². The molecule has 1 atom stereocenters. The number of hydrogen-bond donors (Lipinski definition) is 2. The molecule has 0 bridgehead atoms. The van der Waals surface area contributed by atoms with Gasteiger partial charge in [-0.15, -0.1) is 24.0 Å². The van der Waals surface area contributed by atoms with E-state index in [4.69, 9.17) is 0 Å². The van der Waals surface area contributed by atoms with Crippen LogP contribution in [0.5, 0.6) is 0 Å². The van der Waals surface area contributed by atoms with E-state index in [1.165, 1.54) is 11.6 Å². The number of hydrogen-bond acceptors (Lipinski definition) is 4. The van der Waals surface area contributed by atoms with Gasteiger partial charge in [-0.25, -0.2) is 9.37 Å². The molecule has 0 radical (unpaired) electrons. The van der Waals surface area contributed by atoms with E-state index in [2.05, 4.69) is 25.7 Å². The Bertz CT molecular complexity index is 733. The topological polar surface area (TPSA) is 70.4 Å². The Kier molecular flexibility index (Phi) is 7.61. The van der Waals surface area contributed by atoms with Crippen LogP contribution in [0, 0.1) is 5.82 Å². The lowest BCUT2D eigenvalue weighted by Crippen LogP contribution is -2.45. The van der Waals surface area contributed by atoms with Gasteiger partial charge in [-0.05, 0) is 30.5 Å². The highest BCUT2D eigenvalue weighted by molar-refractivity contribution is 14.0. The molecule has 142 valence electrons. The molecule has 0 saturated carbocycles. The van der Waals surface area contributed by atoms with E-state index >= 15 is 0 Å². The molecule has 1 fully saturated rings. The van der Waals surface area contributed by atoms with Gasteiger partial charge in [0.05, 0.1) is 6.20 Å². The summed E-state index contributed by atoms with van der Waals surface area (Å²) in [6, 6.07) is 3.27. The van der Waals surface area contributed by atoms with E-state index in [1.54, 1.807) is 24.0 Å². The zero-order valence-electron chi connectivity index (χ0n) is 15.0. The minimum Gasteiger partial charge on any atom is -0.356 e. The molecule has 2 N–H and O–H groups in total. The highest BCUT2D eigenvalue weighted by atomic mass is 127. The van der Waals surface area contributed by atoms with Crippen molar-refractivity contribution in [2.75, 3.05) is 31.6 Å². The summed E-state index contributed by atoms with van der Waals surface area (Å²) in [4.78, 5) is 10.4. The standard InChI is InChI=1S/C17H24FN7.HI/c1-19-17(21-8-5-13-10-22-24(2)11-13)23-14-6-9-25(12-14)16-15(18)4-3-7-20-16;/h3-4,7,10-11,14H,5-6,8-9,12H2,1-2H3,(H2,19,21,23);1H. The van der Waals surface area contributed by atoms with Crippen molar-refractivity contribution in [3.05, 3.63) is 42.1 Å². The molecule has 9 heteroatoms. The van der Waals surface area contributed by atoms with Crippen LogP contribution in [-0.2, 0) is 13.5 Å². The molecular formula is C17H25FIN7. The average Bonchev–Trinajstić information content (AvgIpc) is 3.23. The Morgan fingerprint density at radius 3 is 3.00 bits per heavy atom. The third kappa shape index (κ3) is 5.29. The molecule has 0 spiro atoms. The van der Waals surface area contributed by atoms with Crippen molar-refractivity contribution in [1.29, 1.82) is 0 Å². The second-order valence-electron chi connectivity index (χ2n) is 6.16. The van der Waals surface area contributed by atoms with Gasteiger partial charge >= 0.3 is 0 Å². The molecule has 26 heavy (non-hydrogen) atoms. The van der Waals surface area contributed by atoms with Crippen molar-refractivity contribution in [2.45, 2.75) is 18.9 Å². The number of nitrogens with zero attached hydrogens (tertiary/aromatic N) is 5. The molecule has 1 unspecified atom stereocenters. The van der Waals surface area contributed by atoms with Crippen molar-refractivity contribution in [3.8, 4) is 0 Å². The summed E-state index contributed by atoms with van der Waals surface area (Å²) >= 11 is 0. The van der Waals surface area contributed by atoms with Crippen LogP contribution < -0.4 is 15.5 Å². The lowest BCUT2D eigenvalue weighted by atomic mass is 10.2. The zero-order valence-corrected chi connectivity index (χ0v) is 17.4. The van der Waals surface area contributed by atoms with Crippen molar-refractivity contribution in [2.24, 2.45) is 12.0 Å². The highest BCUT2D eigenvalue weighted by Gasteiger charge is 2.25. The number of halogens is 2. The fraction of sp³-hybridized carbons (Fsp3) is 0.471. The summed E-state index contributed by atoms with van der Waals surface area (Å²) in [5.41, 5.74) is 1.18. The third-order valence-corrected chi connectivity index (χ3v) is 4.26. The second kappa shape index (κ2) is 9.70. The summed E-state index contributed by atoms with van der Waals surface area (Å²) in [6.07, 6.45) is 7.30. The molecule has 1 aliphatic rings.